The quantitative estimate of drug-likeness (QED) is 0.124. The van der Waals surface area contributed by atoms with Crippen LogP contribution in [0.1, 0.15) is 304 Å². The molecule has 8 saturated carbocycles. The first-order valence-corrected chi connectivity index (χ1v) is 37.7. The van der Waals surface area contributed by atoms with E-state index in [-0.39, 0.29) is 0 Å². The molecule has 0 heterocycles. The summed E-state index contributed by atoms with van der Waals surface area (Å²) in [5.74, 6) is 17.4. The van der Waals surface area contributed by atoms with Crippen LogP contribution in [0.5, 0.6) is 0 Å². The fraction of sp³-hybridized carbons (Fsp3) is 1.00. The summed E-state index contributed by atoms with van der Waals surface area (Å²) in [6.45, 7) is 42.3. The smallest absolute Gasteiger partial charge is 0.00946 e. The molecule has 0 saturated heterocycles. The number of hydrogen-bond acceptors (Lipinski definition) is 6. The molecule has 0 amide bonds. The third kappa shape index (κ3) is 33.7. The molecule has 504 valence electrons. The summed E-state index contributed by atoms with van der Waals surface area (Å²) in [5.41, 5.74) is 0. The summed E-state index contributed by atoms with van der Waals surface area (Å²) in [6.07, 6.45) is 40.2. The predicted octanol–water partition coefficient (Wildman–Crippen LogP) is 20.6. The molecule has 8 rings (SSSR count). The van der Waals surface area contributed by atoms with Gasteiger partial charge in [-0.1, -0.05) is 176 Å². The second-order valence-electron chi connectivity index (χ2n) is 33.0. The zero-order valence-corrected chi connectivity index (χ0v) is 62.5. The van der Waals surface area contributed by atoms with Gasteiger partial charge in [-0.2, -0.15) is 0 Å². The van der Waals surface area contributed by atoms with E-state index in [2.05, 4.69) is 212 Å². The average molecular weight is 1180 g/mol. The Morgan fingerprint density at radius 2 is 0.524 bits per heavy atom. The zero-order chi connectivity index (χ0) is 63.6. The Morgan fingerprint density at radius 3 is 0.786 bits per heavy atom. The Morgan fingerprint density at radius 1 is 0.262 bits per heavy atom. The lowest BCUT2D eigenvalue weighted by atomic mass is 9.73. The third-order valence-electron chi connectivity index (χ3n) is 24.2. The highest BCUT2D eigenvalue weighted by molar-refractivity contribution is 4.88. The minimum Gasteiger partial charge on any atom is -0.317 e. The van der Waals surface area contributed by atoms with Gasteiger partial charge in [-0.3, -0.25) is 0 Å². The maximum atomic E-state index is 3.36. The van der Waals surface area contributed by atoms with E-state index in [1.165, 1.54) is 180 Å². The van der Waals surface area contributed by atoms with Gasteiger partial charge in [0, 0.05) is 36.3 Å². The van der Waals surface area contributed by atoms with Gasteiger partial charge in [-0.15, -0.1) is 0 Å². The second-order valence-corrected chi connectivity index (χ2v) is 33.0. The van der Waals surface area contributed by atoms with Crippen LogP contribution in [-0.2, 0) is 0 Å². The average Bonchev–Trinajstić information content (AvgIpc) is 4.23. The van der Waals surface area contributed by atoms with Gasteiger partial charge in [-0.25, -0.2) is 0 Å². The molecule has 0 radical (unpaired) electrons. The molecule has 4 N–H and O–H groups in total. The van der Waals surface area contributed by atoms with Gasteiger partial charge in [-0.05, 0) is 291 Å². The SMILES string of the molecule is CC(C)C1CC(N(C)C)C1.CC(C)C1CCC(N(C)C)CC1.CC[C@@H]1CCC[C@H](C(C)C)C1.CC[C@H]1CCC[C@@H](C(C)C)C1.CNC1CC(C(C)C)C1.CNC1CCC(C(C)C)CC1.CN[C@@H]1CC[C@H](C(C)C)C1.CN[C@H]1CC[C@@H](C(C)C)C1. The van der Waals surface area contributed by atoms with Crippen molar-refractivity contribution >= 4 is 0 Å². The molecule has 8 aliphatic carbocycles. The van der Waals surface area contributed by atoms with E-state index in [1.54, 1.807) is 0 Å². The molecular formula is C78H162N6. The summed E-state index contributed by atoms with van der Waals surface area (Å²) in [5, 5.41) is 13.3. The molecule has 0 aliphatic heterocycles. The number of hydrogen-bond donors (Lipinski definition) is 4. The summed E-state index contributed by atoms with van der Waals surface area (Å²) < 4.78 is 0. The summed E-state index contributed by atoms with van der Waals surface area (Å²) in [7, 11) is 17.1. The molecule has 6 nitrogen and oxygen atoms in total. The van der Waals surface area contributed by atoms with Crippen molar-refractivity contribution in [3.8, 4) is 0 Å². The van der Waals surface area contributed by atoms with Gasteiger partial charge in [0.2, 0.25) is 0 Å². The van der Waals surface area contributed by atoms with E-state index in [0.717, 1.165) is 143 Å². The molecule has 8 atom stereocenters. The van der Waals surface area contributed by atoms with Gasteiger partial charge < -0.3 is 31.1 Å². The monoisotopic (exact) mass is 1180 g/mol. The molecule has 0 bridgehead atoms. The fourth-order valence-electron chi connectivity index (χ4n) is 15.8. The van der Waals surface area contributed by atoms with Crippen molar-refractivity contribution in [1.29, 1.82) is 0 Å². The molecular weight excluding hydrogens is 1020 g/mol. The highest BCUT2D eigenvalue weighted by Gasteiger charge is 2.33. The highest BCUT2D eigenvalue weighted by Crippen LogP contribution is 2.39. The van der Waals surface area contributed by atoms with Crippen LogP contribution in [0, 0.1) is 107 Å². The summed E-state index contributed by atoms with van der Waals surface area (Å²) in [6, 6.07) is 5.01. The lowest BCUT2D eigenvalue weighted by molar-refractivity contribution is 0.0924. The van der Waals surface area contributed by atoms with Crippen LogP contribution in [0.2, 0.25) is 0 Å². The predicted molar refractivity (Wildman–Crippen MR) is 381 cm³/mol. The Hall–Kier alpha value is -0.240. The lowest BCUT2D eigenvalue weighted by Gasteiger charge is -2.41. The standard InChI is InChI=1S/C11H23N.2C11H22.C10H21N.3C9H19N.C8H17N/c1-9(2)10-5-7-11(8-6-10)12(3)4;2*1-4-10-6-5-7-11(8-10)9(2)3;1-8(2)9-4-6-10(11-3)7-5-9;1-7(2)8-5-9(6-8)10(3)4;2*1-7(2)8-4-5-9(6-8)10-3;1-6(2)7-4-8(5-7)9-3/h9-11H,5-8H2,1-4H3;2*9-11H,4-8H2,1-3H3;8-11H,4-7H2,1-3H3;7-9H,5-6H2,1-4H3;2*7-10H,4-6H2,1-3H3;6-9H,4-5H2,1-3H3/t;2*10-,11+;;;2*8-,9+;/m.10..10./s1. The molecule has 8 fully saturated rings. The largest absolute Gasteiger partial charge is 0.317 e. The van der Waals surface area contributed by atoms with E-state index in [0.29, 0.717) is 0 Å². The molecule has 0 unspecified atom stereocenters. The maximum absolute atomic E-state index is 3.36. The van der Waals surface area contributed by atoms with Crippen molar-refractivity contribution in [1.82, 2.24) is 31.1 Å². The Labute approximate surface area is 532 Å². The van der Waals surface area contributed by atoms with E-state index >= 15 is 0 Å². The summed E-state index contributed by atoms with van der Waals surface area (Å²) >= 11 is 0. The molecule has 8 aliphatic rings. The van der Waals surface area contributed by atoms with Gasteiger partial charge in [0.05, 0.1) is 0 Å². The van der Waals surface area contributed by atoms with Crippen molar-refractivity contribution in [3.05, 3.63) is 0 Å². The molecule has 0 spiro atoms. The van der Waals surface area contributed by atoms with Crippen LogP contribution in [0.4, 0.5) is 0 Å². The van der Waals surface area contributed by atoms with Crippen molar-refractivity contribution in [3.63, 3.8) is 0 Å². The van der Waals surface area contributed by atoms with Crippen molar-refractivity contribution in [2.75, 3.05) is 56.4 Å². The van der Waals surface area contributed by atoms with Crippen LogP contribution in [0.3, 0.4) is 0 Å². The zero-order valence-electron chi connectivity index (χ0n) is 62.5. The Kier molecular flexibility index (Phi) is 44.7. The fourth-order valence-corrected chi connectivity index (χ4v) is 15.8. The first-order chi connectivity index (χ1) is 39.6. The van der Waals surface area contributed by atoms with Gasteiger partial charge in [0.15, 0.2) is 0 Å². The number of nitrogens with one attached hydrogen (secondary N) is 4. The molecule has 0 aromatic carbocycles. The van der Waals surface area contributed by atoms with Gasteiger partial charge >= 0.3 is 0 Å². The van der Waals surface area contributed by atoms with E-state index in [4.69, 9.17) is 0 Å². The topological polar surface area (TPSA) is 54.6 Å². The maximum Gasteiger partial charge on any atom is 0.00946 e. The normalized spacial score (nSPS) is 33.0. The minimum atomic E-state index is 0.810. The second kappa shape index (κ2) is 45.9. The number of rotatable bonds is 16. The van der Waals surface area contributed by atoms with Crippen LogP contribution in [-0.4, -0.2) is 102 Å². The highest BCUT2D eigenvalue weighted by atomic mass is 15.1. The molecule has 84 heavy (non-hydrogen) atoms. The third-order valence-corrected chi connectivity index (χ3v) is 24.2. The van der Waals surface area contributed by atoms with E-state index < -0.39 is 0 Å². The molecule has 6 heteroatoms. The minimum absolute atomic E-state index is 0.810. The summed E-state index contributed by atoms with van der Waals surface area (Å²) in [4.78, 5) is 4.73. The van der Waals surface area contributed by atoms with Crippen LogP contribution in [0.15, 0.2) is 0 Å². The van der Waals surface area contributed by atoms with Crippen LogP contribution in [0.25, 0.3) is 0 Å². The van der Waals surface area contributed by atoms with Crippen LogP contribution >= 0.6 is 0 Å². The van der Waals surface area contributed by atoms with Crippen molar-refractivity contribution in [2.45, 2.75) is 341 Å². The first-order valence-electron chi connectivity index (χ1n) is 37.7. The molecule has 0 aromatic rings. The van der Waals surface area contributed by atoms with E-state index in [1.807, 2.05) is 0 Å². The van der Waals surface area contributed by atoms with Gasteiger partial charge in [0.25, 0.3) is 0 Å². The van der Waals surface area contributed by atoms with Crippen molar-refractivity contribution < 1.29 is 0 Å². The first kappa shape index (κ1) is 81.8. The Balaban J connectivity index is 0.000000481. The van der Waals surface area contributed by atoms with E-state index in [9.17, 15) is 0 Å². The van der Waals surface area contributed by atoms with Gasteiger partial charge in [0.1, 0.15) is 0 Å². The molecule has 0 aromatic heterocycles. The van der Waals surface area contributed by atoms with Crippen LogP contribution < -0.4 is 21.3 Å². The lowest BCUT2D eigenvalue weighted by Crippen LogP contribution is -2.42. The van der Waals surface area contributed by atoms with Crippen molar-refractivity contribution in [2.24, 2.45) is 107 Å². The Bertz CT molecular complexity index is 1390. The number of nitrogens with zero attached hydrogens (tertiary/aromatic N) is 2.